The van der Waals surface area contributed by atoms with E-state index >= 15 is 0 Å². The number of rotatable bonds is 0. The molecule has 0 atom stereocenters. The van der Waals surface area contributed by atoms with Crippen molar-refractivity contribution < 1.29 is 0 Å². The molecular weight excluding hydrogens is 114 g/mol. The smallest absolute Gasteiger partial charge is 0 e. The van der Waals surface area contributed by atoms with E-state index in [-0.39, 0.29) is 18.5 Å². The summed E-state index contributed by atoms with van der Waals surface area (Å²) in [5.41, 5.74) is 0. The van der Waals surface area contributed by atoms with E-state index in [1.54, 1.807) is 0 Å². The summed E-state index contributed by atoms with van der Waals surface area (Å²) in [6.45, 7) is 0. The van der Waals surface area contributed by atoms with Gasteiger partial charge in [0.05, 0.1) is 0 Å². The Morgan fingerprint density at radius 3 is 0.556 bits per heavy atom. The molecule has 0 bridgehead atoms. The van der Waals surface area contributed by atoms with E-state index in [0.29, 0.717) is 0 Å². The van der Waals surface area contributed by atoms with Crippen molar-refractivity contribution in [2.45, 2.75) is 0 Å². The molecule has 0 spiro atoms. The van der Waals surface area contributed by atoms with Gasteiger partial charge in [-0.1, -0.05) is 36.4 Å². The Hall–Kier alpha value is -0.900. The van der Waals surface area contributed by atoms with Crippen LogP contribution in [0, 0.1) is 0 Å². The van der Waals surface area contributed by atoms with Gasteiger partial charge in [0.15, 0.2) is 0 Å². The molecule has 0 N–H and O–H groups in total. The second-order valence-electron chi connectivity index (χ2n) is 1.15. The van der Waals surface area contributed by atoms with E-state index in [2.05, 4.69) is 0 Å². The molecule has 1 aromatic carbocycles. The van der Waals surface area contributed by atoms with Crippen LogP contribution >= 0.6 is 0 Å². The molecule has 3 nitrogen and oxygen atoms in total. The zero-order chi connectivity index (χ0) is 4.24. The van der Waals surface area contributed by atoms with Crippen molar-refractivity contribution in [3.63, 3.8) is 0 Å². The first-order valence-electron chi connectivity index (χ1n) is 2.00. The van der Waals surface area contributed by atoms with Crippen LogP contribution in [0.4, 0.5) is 0 Å². The van der Waals surface area contributed by atoms with Gasteiger partial charge >= 0.3 is 0 Å². The van der Waals surface area contributed by atoms with Crippen molar-refractivity contribution >= 4 is 0 Å². The Balaban J connectivity index is -0.000000120. The minimum Gasteiger partial charge on any atom is -0.0623 e. The predicted molar refractivity (Wildman–Crippen MR) is 32.8 cm³/mol. The summed E-state index contributed by atoms with van der Waals surface area (Å²) in [7, 11) is 0. The molecule has 0 aromatic heterocycles. The topological polar surface area (TPSA) is 91.5 Å². The zero-order valence-electron chi connectivity index (χ0n) is 4.81. The maximum Gasteiger partial charge on any atom is 0 e. The summed E-state index contributed by atoms with van der Waals surface area (Å²) in [6.07, 6.45) is 0. The summed E-state index contributed by atoms with van der Waals surface area (Å²) in [6, 6.07) is 12.0. The van der Waals surface area contributed by atoms with Crippen molar-refractivity contribution in [2.75, 3.05) is 0 Å². The highest BCUT2D eigenvalue weighted by Gasteiger charge is 1.57. The van der Waals surface area contributed by atoms with Crippen LogP contribution in [0.15, 0.2) is 36.4 Å². The van der Waals surface area contributed by atoms with E-state index < -0.39 is 0 Å². The molecule has 9 heavy (non-hydrogen) atoms. The minimum atomic E-state index is 0. The standard InChI is InChI=1S/C6H6.3N/c1-2-4-6-5-3-1;;;/h1-6H;;;. The molecule has 0 aliphatic rings. The molecule has 3 heteroatoms. The number of nitrogens with zero attached hydrogens (tertiary/aromatic N) is 3. The second-order valence-corrected chi connectivity index (χ2v) is 1.15. The Labute approximate surface area is 55.8 Å². The first-order chi connectivity index (χ1) is 3.00. The van der Waals surface area contributed by atoms with E-state index in [4.69, 9.17) is 0 Å². The van der Waals surface area contributed by atoms with Gasteiger partial charge in [-0.25, -0.2) is 0 Å². The highest BCUT2D eigenvalue weighted by Crippen LogP contribution is 1.79. The lowest BCUT2D eigenvalue weighted by Crippen LogP contribution is -1.47. The molecule has 45 valence electrons. The molecule has 0 heterocycles. The largest absolute Gasteiger partial charge is 0.0623 e. The van der Waals surface area contributed by atoms with Crippen LogP contribution in [0.3, 0.4) is 0 Å². The maximum atomic E-state index is 2.00. The lowest BCUT2D eigenvalue weighted by Gasteiger charge is -1.69. The van der Waals surface area contributed by atoms with E-state index in [1.807, 2.05) is 36.4 Å². The highest BCUT2D eigenvalue weighted by atomic mass is 14.0. The first-order valence-corrected chi connectivity index (χ1v) is 2.00. The fraction of sp³-hybridized carbons (Fsp3) is 0. The summed E-state index contributed by atoms with van der Waals surface area (Å²) < 4.78 is 0. The van der Waals surface area contributed by atoms with Crippen LogP contribution in [0.5, 0.6) is 0 Å². The molecule has 9 radical (unpaired) electrons. The Bertz CT molecular complexity index is 80.2. The lowest BCUT2D eigenvalue weighted by molar-refractivity contribution is 1.72. The summed E-state index contributed by atoms with van der Waals surface area (Å²) in [5.74, 6) is 0. The highest BCUT2D eigenvalue weighted by molar-refractivity contribution is 4.99. The molecule has 1 rings (SSSR count). The Morgan fingerprint density at radius 1 is 0.333 bits per heavy atom. The van der Waals surface area contributed by atoms with Crippen LogP contribution in [0.1, 0.15) is 0 Å². The van der Waals surface area contributed by atoms with Gasteiger partial charge < -0.3 is 0 Å². The quantitative estimate of drug-likeness (QED) is 0.469. The molecule has 0 saturated carbocycles. The fourth-order valence-electron chi connectivity index (χ4n) is 0.385. The van der Waals surface area contributed by atoms with Crippen molar-refractivity contribution in [1.29, 1.82) is 0 Å². The monoisotopic (exact) mass is 120 g/mol. The molecule has 0 aliphatic carbocycles. The van der Waals surface area contributed by atoms with Gasteiger partial charge in [-0.3, -0.25) is 0 Å². The molecular formula is C6H6N3. The Morgan fingerprint density at radius 2 is 0.444 bits per heavy atom. The van der Waals surface area contributed by atoms with Crippen molar-refractivity contribution in [2.24, 2.45) is 0 Å². The van der Waals surface area contributed by atoms with Crippen molar-refractivity contribution in [3.8, 4) is 0 Å². The van der Waals surface area contributed by atoms with Gasteiger partial charge in [0.25, 0.3) is 0 Å². The van der Waals surface area contributed by atoms with Crippen LogP contribution in [0.25, 0.3) is 0 Å². The number of hydrogen-bond acceptors (Lipinski definition) is 0. The average molecular weight is 120 g/mol. The van der Waals surface area contributed by atoms with E-state index in [1.165, 1.54) is 0 Å². The van der Waals surface area contributed by atoms with Gasteiger partial charge in [0.1, 0.15) is 0 Å². The second kappa shape index (κ2) is 10.2. The zero-order valence-corrected chi connectivity index (χ0v) is 4.81. The first kappa shape index (κ1) is 15.7. The molecule has 0 saturated heterocycles. The van der Waals surface area contributed by atoms with Gasteiger partial charge in [-0.2, -0.15) is 0 Å². The summed E-state index contributed by atoms with van der Waals surface area (Å²) in [5, 5.41) is 0. The van der Waals surface area contributed by atoms with Gasteiger partial charge in [-0.15, -0.1) is 0 Å². The van der Waals surface area contributed by atoms with Gasteiger partial charge in [0, 0.05) is 18.5 Å². The van der Waals surface area contributed by atoms with E-state index in [9.17, 15) is 0 Å². The Kier molecular flexibility index (Phi) is 17.7. The van der Waals surface area contributed by atoms with Gasteiger partial charge in [0.2, 0.25) is 0 Å². The predicted octanol–water partition coefficient (Wildman–Crippen LogP) is 0.245. The fourth-order valence-corrected chi connectivity index (χ4v) is 0.385. The van der Waals surface area contributed by atoms with Crippen LogP contribution in [0.2, 0.25) is 0 Å². The SMILES string of the molecule is [N].[N].[N].c1ccccc1. The van der Waals surface area contributed by atoms with Crippen LogP contribution in [-0.2, 0) is 0 Å². The third-order valence-electron chi connectivity index (χ3n) is 0.667. The summed E-state index contributed by atoms with van der Waals surface area (Å²) in [4.78, 5) is 0. The molecule has 0 unspecified atom stereocenters. The van der Waals surface area contributed by atoms with Crippen molar-refractivity contribution in [3.05, 3.63) is 36.4 Å². The normalized spacial score (nSPS) is 5.33. The van der Waals surface area contributed by atoms with Crippen molar-refractivity contribution in [1.82, 2.24) is 18.5 Å². The third-order valence-corrected chi connectivity index (χ3v) is 0.667. The van der Waals surface area contributed by atoms with Gasteiger partial charge in [-0.05, 0) is 0 Å². The molecule has 1 aromatic rings. The lowest BCUT2D eigenvalue weighted by atomic mass is 10.4. The van der Waals surface area contributed by atoms with Crippen LogP contribution < -0.4 is 18.5 Å². The molecule has 0 aliphatic heterocycles. The minimum absolute atomic E-state index is 0. The van der Waals surface area contributed by atoms with E-state index in [0.717, 1.165) is 0 Å². The molecule has 0 fully saturated rings. The molecule has 0 amide bonds. The maximum absolute atomic E-state index is 2.00. The number of benzene rings is 1. The average Bonchev–Trinajstić information content (AvgIpc) is 1.72. The summed E-state index contributed by atoms with van der Waals surface area (Å²) >= 11 is 0. The van der Waals surface area contributed by atoms with Crippen LogP contribution in [-0.4, -0.2) is 0 Å². The number of hydrogen-bond donors (Lipinski definition) is 0. The third kappa shape index (κ3) is 7.10.